The van der Waals surface area contributed by atoms with Gasteiger partial charge in [-0.05, 0) is 19.9 Å². The number of alkyl halides is 3. The Bertz CT molecular complexity index is 149. The Balaban J connectivity index is 3.74. The van der Waals surface area contributed by atoms with E-state index in [1.165, 1.54) is 6.08 Å². The lowest BCUT2D eigenvalue weighted by molar-refractivity contribution is -0.135. The average Bonchev–Trinajstić information content (AvgIpc) is 1.96. The van der Waals surface area contributed by atoms with Gasteiger partial charge in [0, 0.05) is 6.42 Å². The molecule has 0 aliphatic rings. The van der Waals surface area contributed by atoms with E-state index in [9.17, 15) is 13.2 Å². The number of hydrogen-bond acceptors (Lipinski definition) is 1. The van der Waals surface area contributed by atoms with Gasteiger partial charge in [-0.2, -0.15) is 13.2 Å². The highest BCUT2D eigenvalue weighted by Crippen LogP contribution is 2.24. The van der Waals surface area contributed by atoms with Gasteiger partial charge in [0.1, 0.15) is 0 Å². The van der Waals surface area contributed by atoms with Gasteiger partial charge in [0.15, 0.2) is 0 Å². The molecule has 0 aromatic rings. The van der Waals surface area contributed by atoms with Gasteiger partial charge in [-0.15, -0.1) is 0 Å². The third-order valence-electron chi connectivity index (χ3n) is 1.26. The molecule has 71 valence electrons. The molecule has 0 atom stereocenters. The minimum absolute atomic E-state index is 0.102. The topological polar surface area (TPSA) is 9.23 Å². The van der Waals surface area contributed by atoms with Crippen LogP contribution in [0, 0.1) is 6.92 Å². The van der Waals surface area contributed by atoms with Crippen molar-refractivity contribution in [2.24, 2.45) is 0 Å². The first-order chi connectivity index (χ1) is 5.49. The lowest BCUT2D eigenvalue weighted by atomic mass is 10.2. The molecule has 0 bridgehead atoms. The lowest BCUT2D eigenvalue weighted by Gasteiger charge is -2.09. The third kappa shape index (κ3) is 6.07. The van der Waals surface area contributed by atoms with Crippen molar-refractivity contribution >= 4 is 0 Å². The molecule has 0 aliphatic heterocycles. The summed E-state index contributed by atoms with van der Waals surface area (Å²) >= 11 is 0. The number of rotatable bonds is 4. The Labute approximate surface area is 70.2 Å². The molecule has 1 radical (unpaired) electrons. The normalized spacial score (nSPS) is 13.2. The first-order valence-corrected chi connectivity index (χ1v) is 3.63. The quantitative estimate of drug-likeness (QED) is 0.605. The molecule has 0 fully saturated rings. The molecule has 0 saturated heterocycles. The van der Waals surface area contributed by atoms with Crippen molar-refractivity contribution < 1.29 is 17.9 Å². The summed E-state index contributed by atoms with van der Waals surface area (Å²) in [6.45, 7) is 5.18. The monoisotopic (exact) mass is 181 g/mol. The van der Waals surface area contributed by atoms with Crippen LogP contribution in [0.2, 0.25) is 0 Å². The van der Waals surface area contributed by atoms with Crippen molar-refractivity contribution in [3.05, 3.63) is 18.8 Å². The molecule has 1 nitrogen and oxygen atoms in total. The van der Waals surface area contributed by atoms with Crippen LogP contribution >= 0.6 is 0 Å². The smallest absolute Gasteiger partial charge is 0.389 e. The van der Waals surface area contributed by atoms with Gasteiger partial charge in [-0.3, -0.25) is 0 Å². The molecular formula is C8H12F3O. The number of halogens is 3. The zero-order valence-electron chi connectivity index (χ0n) is 6.95. The fourth-order valence-electron chi connectivity index (χ4n) is 0.696. The molecule has 12 heavy (non-hydrogen) atoms. The van der Waals surface area contributed by atoms with Gasteiger partial charge in [0.05, 0.1) is 18.8 Å². The van der Waals surface area contributed by atoms with Gasteiger partial charge >= 0.3 is 6.18 Å². The van der Waals surface area contributed by atoms with E-state index in [2.05, 4.69) is 6.92 Å². The van der Waals surface area contributed by atoms with Crippen molar-refractivity contribution in [3.63, 3.8) is 0 Å². The highest BCUT2D eigenvalue weighted by atomic mass is 19.4. The van der Waals surface area contributed by atoms with E-state index in [1.807, 2.05) is 0 Å². The molecular weight excluding hydrogens is 169 g/mol. The van der Waals surface area contributed by atoms with Crippen LogP contribution in [0.15, 0.2) is 11.8 Å². The van der Waals surface area contributed by atoms with E-state index in [1.54, 1.807) is 6.92 Å². The predicted octanol–water partition coefficient (Wildman–Crippen LogP) is 3.08. The van der Waals surface area contributed by atoms with Crippen molar-refractivity contribution in [3.8, 4) is 0 Å². The van der Waals surface area contributed by atoms with Crippen LogP contribution in [0.4, 0.5) is 13.2 Å². The number of hydrogen-bond donors (Lipinski definition) is 0. The zero-order valence-corrected chi connectivity index (χ0v) is 6.95. The summed E-state index contributed by atoms with van der Waals surface area (Å²) < 4.78 is 39.9. The van der Waals surface area contributed by atoms with E-state index >= 15 is 0 Å². The second-order valence-corrected chi connectivity index (χ2v) is 2.22. The summed E-state index contributed by atoms with van der Waals surface area (Å²) in [5.41, 5.74) is 0. The molecule has 0 amide bonds. The Morgan fingerprint density at radius 1 is 1.50 bits per heavy atom. The standard InChI is InChI=1S/C8H12F3O/c1-3-7(12-4-2)5-6-8(9,10)11/h3H,2,4-6H2,1H3. The van der Waals surface area contributed by atoms with E-state index in [-0.39, 0.29) is 13.0 Å². The molecule has 4 heteroatoms. The molecule has 0 aromatic heterocycles. The van der Waals surface area contributed by atoms with Crippen LogP contribution < -0.4 is 0 Å². The average molecular weight is 181 g/mol. The second kappa shape index (κ2) is 5.06. The molecule has 0 aromatic carbocycles. The van der Waals surface area contributed by atoms with E-state index in [0.717, 1.165) is 0 Å². The summed E-state index contributed by atoms with van der Waals surface area (Å²) in [7, 11) is 0. The van der Waals surface area contributed by atoms with Gasteiger partial charge in [0.2, 0.25) is 0 Å². The van der Waals surface area contributed by atoms with E-state index < -0.39 is 12.6 Å². The maximum atomic E-state index is 11.7. The minimum atomic E-state index is -4.11. The van der Waals surface area contributed by atoms with Gasteiger partial charge in [-0.25, -0.2) is 0 Å². The second-order valence-electron chi connectivity index (χ2n) is 2.22. The van der Waals surface area contributed by atoms with Crippen LogP contribution in [-0.4, -0.2) is 12.8 Å². The molecule has 0 spiro atoms. The molecule has 0 rings (SSSR count). The molecule has 0 unspecified atom stereocenters. The fourth-order valence-corrected chi connectivity index (χ4v) is 0.696. The summed E-state index contributed by atoms with van der Waals surface area (Å²) in [5.74, 6) is 0.349. The van der Waals surface area contributed by atoms with Crippen molar-refractivity contribution in [1.29, 1.82) is 0 Å². The first kappa shape index (κ1) is 11.3. The molecule has 0 heterocycles. The highest BCUT2D eigenvalue weighted by Gasteiger charge is 2.26. The summed E-state index contributed by atoms with van der Waals surface area (Å²) in [6.07, 6.45) is -3.53. The van der Waals surface area contributed by atoms with E-state index in [0.29, 0.717) is 5.76 Å². The SMILES string of the molecule is [CH2]COC(=CC)CCC(F)(F)F. The van der Waals surface area contributed by atoms with Gasteiger partial charge in [0.25, 0.3) is 0 Å². The minimum Gasteiger partial charge on any atom is -0.498 e. The fraction of sp³-hybridized carbons (Fsp3) is 0.625. The summed E-state index contributed by atoms with van der Waals surface area (Å²) in [5, 5.41) is 0. The third-order valence-corrected chi connectivity index (χ3v) is 1.26. The maximum Gasteiger partial charge on any atom is 0.389 e. The Hall–Kier alpha value is -0.670. The Kier molecular flexibility index (Phi) is 4.78. The van der Waals surface area contributed by atoms with Crippen molar-refractivity contribution in [2.75, 3.05) is 6.61 Å². The molecule has 0 saturated carbocycles. The Morgan fingerprint density at radius 2 is 2.08 bits per heavy atom. The largest absolute Gasteiger partial charge is 0.498 e. The van der Waals surface area contributed by atoms with Crippen LogP contribution in [-0.2, 0) is 4.74 Å². The predicted molar refractivity (Wildman–Crippen MR) is 40.4 cm³/mol. The van der Waals surface area contributed by atoms with Crippen molar-refractivity contribution in [2.45, 2.75) is 25.9 Å². The summed E-state index contributed by atoms with van der Waals surface area (Å²) in [4.78, 5) is 0. The van der Waals surface area contributed by atoms with E-state index in [4.69, 9.17) is 4.74 Å². The van der Waals surface area contributed by atoms with Crippen LogP contribution in [0.25, 0.3) is 0 Å². The highest BCUT2D eigenvalue weighted by molar-refractivity contribution is 4.90. The van der Waals surface area contributed by atoms with Crippen LogP contribution in [0.3, 0.4) is 0 Å². The molecule has 0 aliphatic carbocycles. The lowest BCUT2D eigenvalue weighted by Crippen LogP contribution is -2.08. The zero-order chi connectivity index (χ0) is 9.61. The number of ether oxygens (including phenoxy) is 1. The first-order valence-electron chi connectivity index (χ1n) is 3.63. The van der Waals surface area contributed by atoms with Crippen LogP contribution in [0.1, 0.15) is 19.8 Å². The number of allylic oxidation sites excluding steroid dienone is 2. The van der Waals surface area contributed by atoms with Gasteiger partial charge < -0.3 is 4.74 Å². The maximum absolute atomic E-state index is 11.7. The van der Waals surface area contributed by atoms with Crippen LogP contribution in [0.5, 0.6) is 0 Å². The summed E-state index contributed by atoms with van der Waals surface area (Å²) in [6, 6.07) is 0. The van der Waals surface area contributed by atoms with Crippen molar-refractivity contribution in [1.82, 2.24) is 0 Å². The van der Waals surface area contributed by atoms with Gasteiger partial charge in [-0.1, -0.05) is 0 Å². The Morgan fingerprint density at radius 3 is 2.42 bits per heavy atom. The molecule has 0 N–H and O–H groups in total.